The Kier molecular flexibility index (Phi) is 4.17. The van der Waals surface area contributed by atoms with Crippen molar-refractivity contribution in [3.63, 3.8) is 0 Å². The van der Waals surface area contributed by atoms with Gasteiger partial charge in [0.2, 0.25) is 5.91 Å². The largest absolute Gasteiger partial charge is 0.445 e. The molecule has 0 saturated heterocycles. The second-order valence-electron chi connectivity index (χ2n) is 2.85. The average Bonchev–Trinajstić information content (AvgIpc) is 2.65. The molecular weight excluding hydrogens is 194 g/mol. The quantitative estimate of drug-likeness (QED) is 0.454. The number of carbonyl (C=O) groups excluding carboxylic acids is 2. The van der Waals surface area contributed by atoms with Crippen LogP contribution in [0.25, 0.3) is 0 Å². The first-order valence-corrected chi connectivity index (χ1v) is 4.50. The molecule has 0 fully saturated rings. The molecule has 15 heavy (non-hydrogen) atoms. The van der Waals surface area contributed by atoms with Crippen molar-refractivity contribution in [1.29, 1.82) is 0 Å². The Hall–Kier alpha value is -2.02. The van der Waals surface area contributed by atoms with Gasteiger partial charge in [0.05, 0.1) is 0 Å². The van der Waals surface area contributed by atoms with E-state index in [2.05, 4.69) is 17.2 Å². The molecule has 0 aromatic carbocycles. The van der Waals surface area contributed by atoms with E-state index < -0.39 is 0 Å². The van der Waals surface area contributed by atoms with Gasteiger partial charge < -0.3 is 9.73 Å². The number of furan rings is 1. The summed E-state index contributed by atoms with van der Waals surface area (Å²) in [6, 6.07) is 3.19. The summed E-state index contributed by atoms with van der Waals surface area (Å²) < 4.78 is 5.03. The summed E-state index contributed by atoms with van der Waals surface area (Å²) in [6.45, 7) is 1.97. The summed E-state index contributed by atoms with van der Waals surface area (Å²) in [5.74, 6) is 6.22. The van der Waals surface area contributed by atoms with Crippen molar-refractivity contribution in [2.24, 2.45) is 0 Å². The lowest BCUT2D eigenvalue weighted by atomic mass is 10.3. The molecule has 0 atom stereocenters. The fourth-order valence-corrected chi connectivity index (χ4v) is 0.934. The topological polar surface area (TPSA) is 59.3 Å². The van der Waals surface area contributed by atoms with Crippen LogP contribution in [0, 0.1) is 11.8 Å². The summed E-state index contributed by atoms with van der Waals surface area (Å²) >= 11 is 0. The predicted molar refractivity (Wildman–Crippen MR) is 54.3 cm³/mol. The van der Waals surface area contributed by atoms with E-state index in [0.29, 0.717) is 25.0 Å². The molecule has 0 spiro atoms. The highest BCUT2D eigenvalue weighted by molar-refractivity contribution is 5.72. The third-order valence-corrected chi connectivity index (χ3v) is 1.58. The predicted octanol–water partition coefficient (Wildman–Crippen LogP) is 0.970. The molecule has 0 aliphatic rings. The van der Waals surface area contributed by atoms with Crippen LogP contribution in [0.4, 0.5) is 0 Å². The van der Waals surface area contributed by atoms with E-state index in [-0.39, 0.29) is 11.7 Å². The van der Waals surface area contributed by atoms with Crippen molar-refractivity contribution in [3.8, 4) is 11.8 Å². The van der Waals surface area contributed by atoms with Gasteiger partial charge in [0.15, 0.2) is 17.8 Å². The van der Waals surface area contributed by atoms with E-state index in [9.17, 15) is 9.59 Å². The Balaban J connectivity index is 2.37. The van der Waals surface area contributed by atoms with Gasteiger partial charge in [0, 0.05) is 19.9 Å². The minimum absolute atomic E-state index is 0.0713. The van der Waals surface area contributed by atoms with Crippen LogP contribution in [-0.4, -0.2) is 18.7 Å². The highest BCUT2D eigenvalue weighted by Gasteiger charge is 1.95. The van der Waals surface area contributed by atoms with Crippen LogP contribution in [-0.2, 0) is 4.79 Å². The molecule has 1 amide bonds. The van der Waals surface area contributed by atoms with Crippen molar-refractivity contribution < 1.29 is 14.0 Å². The minimum atomic E-state index is -0.0713. The third kappa shape index (κ3) is 4.14. The summed E-state index contributed by atoms with van der Waals surface area (Å²) in [6.07, 6.45) is 1.18. The Morgan fingerprint density at radius 1 is 1.60 bits per heavy atom. The standard InChI is InChI=1S/C11H11NO3/c1-9(14)12-7-3-2-4-10-5-6-11(8-13)15-10/h5-6,8H,3,7H2,1H3,(H,12,14). The second kappa shape index (κ2) is 5.66. The maximum atomic E-state index is 10.5. The van der Waals surface area contributed by atoms with E-state index >= 15 is 0 Å². The number of hydrogen-bond acceptors (Lipinski definition) is 3. The lowest BCUT2D eigenvalue weighted by molar-refractivity contribution is -0.118. The highest BCUT2D eigenvalue weighted by Crippen LogP contribution is 2.03. The van der Waals surface area contributed by atoms with Crippen LogP contribution < -0.4 is 5.32 Å². The van der Waals surface area contributed by atoms with Crippen LogP contribution in [0.5, 0.6) is 0 Å². The lowest BCUT2D eigenvalue weighted by Gasteiger charge is -1.94. The summed E-state index contributed by atoms with van der Waals surface area (Å²) in [5.41, 5.74) is 0. The molecule has 0 bridgehead atoms. The Morgan fingerprint density at radius 3 is 3.00 bits per heavy atom. The van der Waals surface area contributed by atoms with E-state index in [4.69, 9.17) is 4.42 Å². The first-order chi connectivity index (χ1) is 7.22. The van der Waals surface area contributed by atoms with Gasteiger partial charge in [-0.15, -0.1) is 0 Å². The lowest BCUT2D eigenvalue weighted by Crippen LogP contribution is -2.20. The van der Waals surface area contributed by atoms with Crippen molar-refractivity contribution in [1.82, 2.24) is 5.32 Å². The van der Waals surface area contributed by atoms with Gasteiger partial charge in [-0.25, -0.2) is 0 Å². The van der Waals surface area contributed by atoms with Crippen LogP contribution in [0.3, 0.4) is 0 Å². The number of nitrogens with one attached hydrogen (secondary N) is 1. The van der Waals surface area contributed by atoms with Crippen molar-refractivity contribution in [2.75, 3.05) is 6.54 Å². The molecule has 4 nitrogen and oxygen atoms in total. The molecule has 0 radical (unpaired) electrons. The first kappa shape index (κ1) is 11.1. The van der Waals surface area contributed by atoms with Gasteiger partial charge >= 0.3 is 0 Å². The number of amides is 1. The maximum absolute atomic E-state index is 10.5. The molecular formula is C11H11NO3. The van der Waals surface area contributed by atoms with Gasteiger partial charge in [-0.05, 0) is 18.1 Å². The molecule has 1 aromatic rings. The SMILES string of the molecule is CC(=O)NCCC#Cc1ccc(C=O)o1. The van der Waals surface area contributed by atoms with Crippen molar-refractivity contribution >= 4 is 12.2 Å². The molecule has 78 valence electrons. The molecule has 0 aliphatic heterocycles. The average molecular weight is 205 g/mol. The fraction of sp³-hybridized carbons (Fsp3) is 0.273. The van der Waals surface area contributed by atoms with E-state index in [1.165, 1.54) is 6.92 Å². The zero-order valence-corrected chi connectivity index (χ0v) is 8.37. The molecule has 1 N–H and O–H groups in total. The normalized spacial score (nSPS) is 8.87. The van der Waals surface area contributed by atoms with Gasteiger partial charge in [-0.1, -0.05) is 5.92 Å². The third-order valence-electron chi connectivity index (χ3n) is 1.58. The Morgan fingerprint density at radius 2 is 2.40 bits per heavy atom. The van der Waals surface area contributed by atoms with Crippen LogP contribution in [0.2, 0.25) is 0 Å². The summed E-state index contributed by atoms with van der Waals surface area (Å²) in [5, 5.41) is 2.62. The van der Waals surface area contributed by atoms with Crippen LogP contribution in [0.1, 0.15) is 29.7 Å². The number of carbonyl (C=O) groups is 2. The van der Waals surface area contributed by atoms with Gasteiger partial charge in [0.1, 0.15) is 0 Å². The van der Waals surface area contributed by atoms with Crippen LogP contribution in [0.15, 0.2) is 16.5 Å². The number of aldehydes is 1. The first-order valence-electron chi connectivity index (χ1n) is 4.50. The van der Waals surface area contributed by atoms with Crippen molar-refractivity contribution in [2.45, 2.75) is 13.3 Å². The smallest absolute Gasteiger partial charge is 0.216 e. The van der Waals surface area contributed by atoms with E-state index in [1.54, 1.807) is 12.1 Å². The summed E-state index contributed by atoms with van der Waals surface area (Å²) in [4.78, 5) is 20.8. The molecule has 0 unspecified atom stereocenters. The molecule has 0 aliphatic carbocycles. The molecule has 4 heteroatoms. The van der Waals surface area contributed by atoms with Crippen molar-refractivity contribution in [3.05, 3.63) is 23.7 Å². The van der Waals surface area contributed by atoms with Gasteiger partial charge in [-0.2, -0.15) is 0 Å². The zero-order valence-electron chi connectivity index (χ0n) is 8.37. The zero-order chi connectivity index (χ0) is 11.1. The second-order valence-corrected chi connectivity index (χ2v) is 2.85. The summed E-state index contributed by atoms with van der Waals surface area (Å²) in [7, 11) is 0. The Bertz CT molecular complexity index is 409. The van der Waals surface area contributed by atoms with E-state index in [0.717, 1.165) is 0 Å². The molecule has 1 heterocycles. The van der Waals surface area contributed by atoms with Gasteiger partial charge in [-0.3, -0.25) is 9.59 Å². The number of hydrogen-bond donors (Lipinski definition) is 1. The molecule has 1 rings (SSSR count). The van der Waals surface area contributed by atoms with Crippen LogP contribution >= 0.6 is 0 Å². The number of rotatable bonds is 3. The minimum Gasteiger partial charge on any atom is -0.445 e. The highest BCUT2D eigenvalue weighted by atomic mass is 16.3. The monoisotopic (exact) mass is 205 g/mol. The Labute approximate surface area is 87.7 Å². The maximum Gasteiger partial charge on any atom is 0.216 e. The molecule has 1 aromatic heterocycles. The van der Waals surface area contributed by atoms with E-state index in [1.807, 2.05) is 0 Å². The fourth-order valence-electron chi connectivity index (χ4n) is 0.934. The van der Waals surface area contributed by atoms with Gasteiger partial charge in [0.25, 0.3) is 0 Å². The molecule has 0 saturated carbocycles.